The molecule has 0 unspecified atom stereocenters. The summed E-state index contributed by atoms with van der Waals surface area (Å²) in [5.41, 5.74) is 1.89. The molecule has 0 aliphatic carbocycles. The van der Waals surface area contributed by atoms with Crippen LogP contribution >= 0.6 is 11.5 Å². The van der Waals surface area contributed by atoms with Crippen LogP contribution in [-0.2, 0) is 11.3 Å². The van der Waals surface area contributed by atoms with E-state index in [2.05, 4.69) is 15.0 Å². The second kappa shape index (κ2) is 8.44. The Labute approximate surface area is 155 Å². The molecule has 0 bridgehead atoms. The van der Waals surface area contributed by atoms with Gasteiger partial charge in [0.05, 0.1) is 29.1 Å². The van der Waals surface area contributed by atoms with Crippen molar-refractivity contribution in [3.63, 3.8) is 0 Å². The number of urea groups is 1. The maximum Gasteiger partial charge on any atom is 0.338 e. The first-order valence-electron chi connectivity index (χ1n) is 8.32. The quantitative estimate of drug-likeness (QED) is 0.639. The minimum Gasteiger partial charge on any atom is -0.462 e. The molecule has 1 heterocycles. The number of anilines is 1. The van der Waals surface area contributed by atoms with Gasteiger partial charge in [-0.05, 0) is 48.3 Å². The predicted molar refractivity (Wildman–Crippen MR) is 102 cm³/mol. The fourth-order valence-electron chi connectivity index (χ4n) is 2.37. The molecule has 6 nitrogen and oxygen atoms in total. The highest BCUT2D eigenvalue weighted by atomic mass is 32.1. The third-order valence-corrected chi connectivity index (χ3v) is 4.55. The van der Waals surface area contributed by atoms with Crippen molar-refractivity contribution < 1.29 is 14.3 Å². The Morgan fingerprint density at radius 1 is 1.12 bits per heavy atom. The van der Waals surface area contributed by atoms with E-state index in [0.29, 0.717) is 24.4 Å². The van der Waals surface area contributed by atoms with Crippen molar-refractivity contribution in [1.29, 1.82) is 0 Å². The summed E-state index contributed by atoms with van der Waals surface area (Å²) in [7, 11) is 0. The summed E-state index contributed by atoms with van der Waals surface area (Å²) in [5.74, 6) is -0.363. The van der Waals surface area contributed by atoms with Gasteiger partial charge in [-0.1, -0.05) is 25.1 Å². The van der Waals surface area contributed by atoms with Crippen LogP contribution < -0.4 is 10.6 Å². The molecule has 7 heteroatoms. The number of aromatic nitrogens is 1. The van der Waals surface area contributed by atoms with Crippen LogP contribution in [0.3, 0.4) is 0 Å². The van der Waals surface area contributed by atoms with E-state index in [1.54, 1.807) is 24.3 Å². The summed E-state index contributed by atoms with van der Waals surface area (Å²) < 4.78 is 10.5. The molecule has 0 saturated heterocycles. The number of nitrogens with zero attached hydrogens (tertiary/aromatic N) is 1. The minimum atomic E-state index is -0.363. The molecular weight excluding hydrogens is 350 g/mol. The summed E-state index contributed by atoms with van der Waals surface area (Å²) in [6, 6.07) is 14.2. The molecule has 0 atom stereocenters. The molecule has 0 saturated carbocycles. The van der Waals surface area contributed by atoms with Gasteiger partial charge in [-0.3, -0.25) is 0 Å². The number of ether oxygens (including phenoxy) is 1. The van der Waals surface area contributed by atoms with E-state index < -0.39 is 0 Å². The van der Waals surface area contributed by atoms with Crippen molar-refractivity contribution in [2.45, 2.75) is 19.9 Å². The van der Waals surface area contributed by atoms with E-state index in [9.17, 15) is 9.59 Å². The Hall–Kier alpha value is -2.93. The molecule has 0 spiro atoms. The number of hydrogen-bond acceptors (Lipinski definition) is 5. The van der Waals surface area contributed by atoms with Crippen molar-refractivity contribution >= 4 is 39.3 Å². The molecule has 3 aromatic rings. The van der Waals surface area contributed by atoms with E-state index >= 15 is 0 Å². The highest BCUT2D eigenvalue weighted by molar-refractivity contribution is 7.13. The molecule has 1 aromatic heterocycles. The summed E-state index contributed by atoms with van der Waals surface area (Å²) in [5, 5.41) is 6.58. The van der Waals surface area contributed by atoms with Gasteiger partial charge >= 0.3 is 12.0 Å². The normalized spacial score (nSPS) is 10.5. The van der Waals surface area contributed by atoms with E-state index in [4.69, 9.17) is 4.74 Å². The average Bonchev–Trinajstić information content (AvgIpc) is 3.08. The first-order chi connectivity index (χ1) is 12.7. The predicted octanol–water partition coefficient (Wildman–Crippen LogP) is 4.18. The maximum atomic E-state index is 12.1. The van der Waals surface area contributed by atoms with Crippen molar-refractivity contribution in [3.05, 3.63) is 59.8 Å². The van der Waals surface area contributed by atoms with Gasteiger partial charge < -0.3 is 15.4 Å². The summed E-state index contributed by atoms with van der Waals surface area (Å²) in [4.78, 5) is 23.8. The number of esters is 1. The molecule has 0 aliphatic rings. The van der Waals surface area contributed by atoms with E-state index in [1.165, 1.54) is 11.5 Å². The number of carbonyl (C=O) groups excluding carboxylic acids is 2. The van der Waals surface area contributed by atoms with Gasteiger partial charge in [0.2, 0.25) is 0 Å². The lowest BCUT2D eigenvalue weighted by Crippen LogP contribution is -2.28. The molecule has 2 aromatic carbocycles. The molecule has 0 fully saturated rings. The summed E-state index contributed by atoms with van der Waals surface area (Å²) in [6.45, 7) is 2.68. The molecule has 2 N–H and O–H groups in total. The van der Waals surface area contributed by atoms with Crippen molar-refractivity contribution in [2.24, 2.45) is 0 Å². The summed E-state index contributed by atoms with van der Waals surface area (Å²) >= 11 is 1.41. The smallest absolute Gasteiger partial charge is 0.338 e. The van der Waals surface area contributed by atoms with Gasteiger partial charge in [-0.15, -0.1) is 0 Å². The molecule has 134 valence electrons. The molecule has 0 aliphatic heterocycles. The number of hydrogen-bond donors (Lipinski definition) is 2. The van der Waals surface area contributed by atoms with Gasteiger partial charge in [-0.25, -0.2) is 9.59 Å². The minimum absolute atomic E-state index is 0.330. The highest BCUT2D eigenvalue weighted by Crippen LogP contribution is 2.21. The van der Waals surface area contributed by atoms with Gasteiger partial charge in [0, 0.05) is 11.1 Å². The van der Waals surface area contributed by atoms with Crippen LogP contribution in [0, 0.1) is 0 Å². The summed E-state index contributed by atoms with van der Waals surface area (Å²) in [6.07, 6.45) is 0.778. The van der Waals surface area contributed by atoms with E-state index in [-0.39, 0.29) is 12.0 Å². The van der Waals surface area contributed by atoms with Crippen LogP contribution in [-0.4, -0.2) is 23.0 Å². The fraction of sp³-hybridized carbons (Fsp3) is 0.211. The van der Waals surface area contributed by atoms with Gasteiger partial charge in [0.1, 0.15) is 0 Å². The number of rotatable bonds is 6. The van der Waals surface area contributed by atoms with E-state index in [1.807, 2.05) is 31.2 Å². The molecule has 2 amide bonds. The lowest BCUT2D eigenvalue weighted by atomic mass is 10.2. The number of carbonyl (C=O) groups is 2. The second-order valence-electron chi connectivity index (χ2n) is 5.65. The fourth-order valence-corrected chi connectivity index (χ4v) is 3.17. The van der Waals surface area contributed by atoms with Crippen LogP contribution in [0.25, 0.3) is 10.1 Å². The van der Waals surface area contributed by atoms with Crippen molar-refractivity contribution in [1.82, 2.24) is 9.69 Å². The number of amides is 2. The second-order valence-corrected chi connectivity index (χ2v) is 6.45. The number of nitrogens with one attached hydrogen (secondary N) is 2. The van der Waals surface area contributed by atoms with E-state index in [0.717, 1.165) is 22.2 Å². The third-order valence-electron chi connectivity index (χ3n) is 3.68. The molecular formula is C19H19N3O3S. The zero-order valence-electron chi connectivity index (χ0n) is 14.3. The number of fused-ring (bicyclic) bond motifs is 1. The van der Waals surface area contributed by atoms with Crippen molar-refractivity contribution in [3.8, 4) is 0 Å². The number of benzene rings is 2. The van der Waals surface area contributed by atoms with Gasteiger partial charge in [0.15, 0.2) is 0 Å². The van der Waals surface area contributed by atoms with Gasteiger partial charge in [-0.2, -0.15) is 4.37 Å². The van der Waals surface area contributed by atoms with Crippen molar-refractivity contribution in [2.75, 3.05) is 11.9 Å². The van der Waals surface area contributed by atoms with Crippen LogP contribution in [0.2, 0.25) is 0 Å². The average molecular weight is 369 g/mol. The Morgan fingerprint density at radius 3 is 2.65 bits per heavy atom. The molecule has 26 heavy (non-hydrogen) atoms. The van der Waals surface area contributed by atoms with Gasteiger partial charge in [0.25, 0.3) is 0 Å². The highest BCUT2D eigenvalue weighted by Gasteiger charge is 2.09. The van der Waals surface area contributed by atoms with Crippen LogP contribution in [0.4, 0.5) is 10.5 Å². The lowest BCUT2D eigenvalue weighted by molar-refractivity contribution is 0.0505. The Bertz CT molecular complexity index is 906. The zero-order valence-corrected chi connectivity index (χ0v) is 15.1. The monoisotopic (exact) mass is 369 g/mol. The van der Waals surface area contributed by atoms with Crippen LogP contribution in [0.1, 0.15) is 29.4 Å². The first-order valence-corrected chi connectivity index (χ1v) is 9.10. The van der Waals surface area contributed by atoms with Crippen LogP contribution in [0.5, 0.6) is 0 Å². The first kappa shape index (κ1) is 17.9. The largest absolute Gasteiger partial charge is 0.462 e. The molecule has 0 radical (unpaired) electrons. The SMILES string of the molecule is CCCOC(=O)c1ccc(NC(=O)NCc2nsc3ccccc23)cc1. The molecule has 3 rings (SSSR count). The standard InChI is InChI=1S/C19H19N3O3S/c1-2-11-25-18(23)13-7-9-14(10-8-13)21-19(24)20-12-16-15-5-3-4-6-17(15)26-22-16/h3-10H,2,11-12H2,1H3,(H2,20,21,24). The lowest BCUT2D eigenvalue weighted by Gasteiger charge is -2.08. The topological polar surface area (TPSA) is 80.3 Å². The Kier molecular flexibility index (Phi) is 5.80. The third kappa shape index (κ3) is 4.37. The maximum absolute atomic E-state index is 12.1. The Balaban J connectivity index is 1.54. The van der Waals surface area contributed by atoms with Crippen LogP contribution in [0.15, 0.2) is 48.5 Å². The Morgan fingerprint density at radius 2 is 1.88 bits per heavy atom. The zero-order chi connectivity index (χ0) is 18.4.